The zero-order chi connectivity index (χ0) is 15.5. The zero-order valence-electron chi connectivity index (χ0n) is 12.9. The van der Waals surface area contributed by atoms with Crippen molar-refractivity contribution in [2.75, 3.05) is 0 Å². The summed E-state index contributed by atoms with van der Waals surface area (Å²) in [6, 6.07) is 14.4. The maximum absolute atomic E-state index is 12.2. The summed E-state index contributed by atoms with van der Waals surface area (Å²) >= 11 is 1.73. The molecule has 4 heteroatoms. The van der Waals surface area contributed by atoms with Crippen molar-refractivity contribution in [3.63, 3.8) is 0 Å². The highest BCUT2D eigenvalue weighted by Crippen LogP contribution is 2.47. The van der Waals surface area contributed by atoms with Crippen LogP contribution in [0.1, 0.15) is 41.5 Å². The summed E-state index contributed by atoms with van der Waals surface area (Å²) in [7, 11) is 0. The smallest absolute Gasteiger partial charge is 0.243 e. The fourth-order valence-corrected chi connectivity index (χ4v) is 3.49. The van der Waals surface area contributed by atoms with Crippen LogP contribution < -0.4 is 5.43 Å². The maximum atomic E-state index is 12.2. The topological polar surface area (TPSA) is 41.5 Å². The van der Waals surface area contributed by atoms with E-state index in [-0.39, 0.29) is 11.8 Å². The number of hydrazone groups is 1. The van der Waals surface area contributed by atoms with Crippen LogP contribution in [0.4, 0.5) is 0 Å². The molecule has 2 atom stereocenters. The standard InChI is InChI=1S/C18H20N2OS/c1-3-14-9-10-17(22-14)12(2)19-20-18(21)16-11-15(16)13-7-5-4-6-8-13/h4-10,15-16H,3,11H2,1-2H3,(H,20,21)/b19-12-/t15-,16+/m1/s1. The predicted octanol–water partition coefficient (Wildman–Crippen LogP) is 3.95. The van der Waals surface area contributed by atoms with Gasteiger partial charge in [0.2, 0.25) is 5.91 Å². The summed E-state index contributed by atoms with van der Waals surface area (Å²) in [6.45, 7) is 4.08. The number of benzene rings is 1. The zero-order valence-corrected chi connectivity index (χ0v) is 13.7. The summed E-state index contributed by atoms with van der Waals surface area (Å²) < 4.78 is 0. The van der Waals surface area contributed by atoms with Gasteiger partial charge in [-0.25, -0.2) is 5.43 Å². The van der Waals surface area contributed by atoms with Crippen molar-refractivity contribution in [3.8, 4) is 0 Å². The average Bonchev–Trinajstić information content (AvgIpc) is 3.22. The van der Waals surface area contributed by atoms with E-state index in [2.05, 4.69) is 41.7 Å². The van der Waals surface area contributed by atoms with Gasteiger partial charge in [0, 0.05) is 10.8 Å². The molecule has 0 radical (unpaired) electrons. The van der Waals surface area contributed by atoms with Gasteiger partial charge in [-0.2, -0.15) is 5.10 Å². The molecule has 1 aromatic heterocycles. The van der Waals surface area contributed by atoms with Crippen LogP contribution in [0.3, 0.4) is 0 Å². The van der Waals surface area contributed by atoms with E-state index >= 15 is 0 Å². The van der Waals surface area contributed by atoms with Crippen LogP contribution in [0.25, 0.3) is 0 Å². The van der Waals surface area contributed by atoms with Crippen molar-refractivity contribution in [1.82, 2.24) is 5.43 Å². The normalized spacial score (nSPS) is 20.7. The fraction of sp³-hybridized carbons (Fsp3) is 0.333. The van der Waals surface area contributed by atoms with E-state index in [1.54, 1.807) is 11.3 Å². The highest BCUT2D eigenvalue weighted by Gasteiger charge is 2.43. The second-order valence-corrected chi connectivity index (χ2v) is 6.82. The Kier molecular flexibility index (Phi) is 4.39. The number of aryl methyl sites for hydroxylation is 1. The Morgan fingerprint density at radius 1 is 1.27 bits per heavy atom. The van der Waals surface area contributed by atoms with E-state index in [4.69, 9.17) is 0 Å². The molecule has 1 heterocycles. The lowest BCUT2D eigenvalue weighted by atomic mass is 10.1. The number of carbonyl (C=O) groups is 1. The first-order valence-electron chi connectivity index (χ1n) is 7.67. The Morgan fingerprint density at radius 3 is 2.73 bits per heavy atom. The molecule has 1 fully saturated rings. The number of nitrogens with one attached hydrogen (secondary N) is 1. The molecule has 1 aromatic carbocycles. The maximum Gasteiger partial charge on any atom is 0.243 e. The molecular weight excluding hydrogens is 292 g/mol. The monoisotopic (exact) mass is 312 g/mol. The first-order valence-corrected chi connectivity index (χ1v) is 8.49. The molecule has 0 spiro atoms. The highest BCUT2D eigenvalue weighted by molar-refractivity contribution is 7.14. The van der Waals surface area contributed by atoms with Crippen molar-refractivity contribution in [1.29, 1.82) is 0 Å². The minimum absolute atomic E-state index is 0.0282. The Balaban J connectivity index is 1.58. The van der Waals surface area contributed by atoms with Gasteiger partial charge in [-0.3, -0.25) is 4.79 Å². The second-order valence-electron chi connectivity index (χ2n) is 5.65. The number of rotatable bonds is 5. The van der Waals surface area contributed by atoms with Crippen LogP contribution in [-0.2, 0) is 11.2 Å². The lowest BCUT2D eigenvalue weighted by Crippen LogP contribution is -2.21. The number of hydrogen-bond donors (Lipinski definition) is 1. The molecule has 3 rings (SSSR count). The van der Waals surface area contributed by atoms with Gasteiger partial charge in [-0.15, -0.1) is 11.3 Å². The third-order valence-corrected chi connectivity index (χ3v) is 5.39. The quantitative estimate of drug-likeness (QED) is 0.659. The first kappa shape index (κ1) is 15.0. The number of carbonyl (C=O) groups excluding carboxylic acids is 1. The van der Waals surface area contributed by atoms with E-state index in [1.807, 2.05) is 25.1 Å². The van der Waals surface area contributed by atoms with Crippen molar-refractivity contribution in [2.24, 2.45) is 11.0 Å². The van der Waals surface area contributed by atoms with Gasteiger partial charge in [0.25, 0.3) is 0 Å². The second kappa shape index (κ2) is 6.44. The molecule has 0 bridgehead atoms. The van der Waals surface area contributed by atoms with Gasteiger partial charge in [-0.1, -0.05) is 37.3 Å². The molecular formula is C18H20N2OS. The van der Waals surface area contributed by atoms with E-state index in [0.717, 1.165) is 23.4 Å². The molecule has 114 valence electrons. The van der Waals surface area contributed by atoms with E-state index in [9.17, 15) is 4.79 Å². The van der Waals surface area contributed by atoms with Crippen molar-refractivity contribution < 1.29 is 4.79 Å². The van der Waals surface area contributed by atoms with Gasteiger partial charge in [0.05, 0.1) is 10.6 Å². The van der Waals surface area contributed by atoms with Crippen LogP contribution in [0.5, 0.6) is 0 Å². The van der Waals surface area contributed by atoms with Crippen molar-refractivity contribution >= 4 is 23.0 Å². The molecule has 2 aromatic rings. The third-order valence-electron chi connectivity index (χ3n) is 4.06. The Morgan fingerprint density at radius 2 is 2.05 bits per heavy atom. The minimum Gasteiger partial charge on any atom is -0.273 e. The third kappa shape index (κ3) is 3.28. The molecule has 1 aliphatic rings. The number of hydrogen-bond acceptors (Lipinski definition) is 3. The van der Waals surface area contributed by atoms with Crippen LogP contribution in [0.15, 0.2) is 47.6 Å². The van der Waals surface area contributed by atoms with Gasteiger partial charge in [-0.05, 0) is 43.4 Å². The predicted molar refractivity (Wildman–Crippen MR) is 91.3 cm³/mol. The van der Waals surface area contributed by atoms with Crippen molar-refractivity contribution in [3.05, 3.63) is 57.8 Å². The van der Waals surface area contributed by atoms with Crippen LogP contribution in [0.2, 0.25) is 0 Å². The highest BCUT2D eigenvalue weighted by atomic mass is 32.1. The summed E-state index contributed by atoms with van der Waals surface area (Å²) in [4.78, 5) is 14.6. The summed E-state index contributed by atoms with van der Waals surface area (Å²) in [5, 5.41) is 4.26. The average molecular weight is 312 g/mol. The molecule has 3 nitrogen and oxygen atoms in total. The fourth-order valence-electron chi connectivity index (χ4n) is 2.59. The SMILES string of the molecule is CCc1ccc(/C(C)=N\NC(=O)[C@H]2C[C@@H]2c2ccccc2)s1. The summed E-state index contributed by atoms with van der Waals surface area (Å²) in [5.74, 6) is 0.444. The largest absolute Gasteiger partial charge is 0.273 e. The van der Waals surface area contributed by atoms with E-state index in [0.29, 0.717) is 5.92 Å². The van der Waals surface area contributed by atoms with E-state index in [1.165, 1.54) is 10.4 Å². The Bertz CT molecular complexity index is 690. The Labute approximate surface area is 135 Å². The lowest BCUT2D eigenvalue weighted by molar-refractivity contribution is -0.122. The van der Waals surface area contributed by atoms with Gasteiger partial charge < -0.3 is 0 Å². The molecule has 0 unspecified atom stereocenters. The number of nitrogens with zero attached hydrogens (tertiary/aromatic N) is 1. The van der Waals surface area contributed by atoms with Crippen LogP contribution in [0, 0.1) is 5.92 Å². The molecule has 1 N–H and O–H groups in total. The molecule has 1 amide bonds. The molecule has 22 heavy (non-hydrogen) atoms. The number of amides is 1. The summed E-state index contributed by atoms with van der Waals surface area (Å²) in [5.41, 5.74) is 4.84. The first-order chi connectivity index (χ1) is 10.7. The molecule has 0 saturated heterocycles. The van der Waals surface area contributed by atoms with Crippen LogP contribution in [-0.4, -0.2) is 11.6 Å². The molecule has 1 aliphatic carbocycles. The van der Waals surface area contributed by atoms with E-state index < -0.39 is 0 Å². The minimum atomic E-state index is 0.0282. The number of thiophene rings is 1. The van der Waals surface area contributed by atoms with Gasteiger partial charge in [0.15, 0.2) is 0 Å². The molecule has 1 saturated carbocycles. The van der Waals surface area contributed by atoms with Gasteiger partial charge in [0.1, 0.15) is 0 Å². The van der Waals surface area contributed by atoms with Crippen molar-refractivity contribution in [2.45, 2.75) is 32.6 Å². The van der Waals surface area contributed by atoms with Gasteiger partial charge >= 0.3 is 0 Å². The van der Waals surface area contributed by atoms with Crippen LogP contribution >= 0.6 is 11.3 Å². The Hall–Kier alpha value is -1.94. The molecule has 0 aliphatic heterocycles. The summed E-state index contributed by atoms with van der Waals surface area (Å²) in [6.07, 6.45) is 1.95. The lowest BCUT2D eigenvalue weighted by Gasteiger charge is -2.01.